The highest BCUT2D eigenvalue weighted by atomic mass is 16.5. The van der Waals surface area contributed by atoms with Crippen LogP contribution in [0, 0.1) is 0 Å². The van der Waals surface area contributed by atoms with Gasteiger partial charge in [0.2, 0.25) is 11.8 Å². The Bertz CT molecular complexity index is 837. The van der Waals surface area contributed by atoms with E-state index in [4.69, 9.17) is 9.84 Å². The average molecular weight is 282 g/mol. The zero-order chi connectivity index (χ0) is 14.8. The number of nitrogens with zero attached hydrogens (tertiary/aromatic N) is 3. The first-order valence-electron chi connectivity index (χ1n) is 6.02. The maximum Gasteiger partial charge on any atom is 0.335 e. The molecule has 0 atom stereocenters. The second-order valence-corrected chi connectivity index (χ2v) is 4.26. The number of nitrogens with one attached hydrogen (secondary N) is 1. The molecular weight excluding hydrogens is 272 g/mol. The van der Waals surface area contributed by atoms with Crippen LogP contribution in [-0.4, -0.2) is 27.2 Å². The Hall–Kier alpha value is -3.22. The number of aromatic nitrogens is 2. The number of aromatic carboxylic acids is 1. The molecule has 0 bridgehead atoms. The summed E-state index contributed by atoms with van der Waals surface area (Å²) in [6.45, 7) is 3.65. The predicted molar refractivity (Wildman–Crippen MR) is 74.4 cm³/mol. The highest BCUT2D eigenvalue weighted by Gasteiger charge is 2.17. The molecule has 0 unspecified atom stereocenters. The van der Waals surface area contributed by atoms with Gasteiger partial charge in [0.15, 0.2) is 0 Å². The first-order valence-corrected chi connectivity index (χ1v) is 6.02. The Balaban J connectivity index is 1.92. The van der Waals surface area contributed by atoms with Crippen LogP contribution in [0.3, 0.4) is 0 Å². The zero-order valence-corrected chi connectivity index (χ0v) is 10.8. The smallest absolute Gasteiger partial charge is 0.335 e. The molecule has 0 aliphatic carbocycles. The van der Waals surface area contributed by atoms with Gasteiger partial charge in [-0.15, -0.1) is 10.2 Å². The molecule has 2 aromatic rings. The van der Waals surface area contributed by atoms with Gasteiger partial charge in [0.1, 0.15) is 5.35 Å². The van der Waals surface area contributed by atoms with Crippen LogP contribution in [0.15, 0.2) is 41.5 Å². The Labute approximate surface area is 118 Å². The second-order valence-electron chi connectivity index (χ2n) is 4.26. The lowest BCUT2D eigenvalue weighted by molar-refractivity contribution is 0.0697. The number of ether oxygens (including phenoxy) is 1. The summed E-state index contributed by atoms with van der Waals surface area (Å²) >= 11 is 0. The van der Waals surface area contributed by atoms with Gasteiger partial charge in [0, 0.05) is 5.56 Å². The molecule has 1 aromatic carbocycles. The lowest BCUT2D eigenvalue weighted by Gasteiger charge is -2.02. The predicted octanol–water partition coefficient (Wildman–Crippen LogP) is -0.368. The molecule has 7 heteroatoms. The maximum absolute atomic E-state index is 11.0. The van der Waals surface area contributed by atoms with Crippen LogP contribution in [0.5, 0.6) is 0 Å². The first kappa shape index (κ1) is 12.8. The molecule has 2 heterocycles. The number of benzene rings is 1. The van der Waals surface area contributed by atoms with Crippen molar-refractivity contribution >= 4 is 24.3 Å². The normalized spacial score (nSPS) is 15.9. The molecule has 0 fully saturated rings. The van der Waals surface area contributed by atoms with Gasteiger partial charge in [-0.2, -0.15) is 5.10 Å². The Morgan fingerprint density at radius 1 is 1.24 bits per heavy atom. The van der Waals surface area contributed by atoms with E-state index in [2.05, 4.69) is 27.3 Å². The van der Waals surface area contributed by atoms with Crippen molar-refractivity contribution in [3.8, 4) is 0 Å². The third kappa shape index (κ3) is 2.57. The van der Waals surface area contributed by atoms with Gasteiger partial charge in [-0.3, -0.25) is 0 Å². The lowest BCUT2D eigenvalue weighted by atomic mass is 10.1. The van der Waals surface area contributed by atoms with Gasteiger partial charge in [-0.25, -0.2) is 10.2 Å². The molecular formula is C14H10N4O3. The molecule has 0 saturated carbocycles. The van der Waals surface area contributed by atoms with Crippen molar-refractivity contribution in [1.29, 1.82) is 0 Å². The summed E-state index contributed by atoms with van der Waals surface area (Å²) < 4.78 is 5.55. The molecule has 0 saturated heterocycles. The van der Waals surface area contributed by atoms with E-state index in [9.17, 15) is 4.79 Å². The third-order valence-electron chi connectivity index (χ3n) is 2.77. The van der Waals surface area contributed by atoms with E-state index in [1.54, 1.807) is 24.3 Å². The molecule has 1 aromatic heterocycles. The van der Waals surface area contributed by atoms with Crippen molar-refractivity contribution in [3.63, 3.8) is 0 Å². The minimum atomic E-state index is -1.01. The van der Waals surface area contributed by atoms with Crippen molar-refractivity contribution in [2.45, 2.75) is 0 Å². The average Bonchev–Trinajstić information content (AvgIpc) is 2.98. The number of hydrogen-bond donors (Lipinski definition) is 2. The van der Waals surface area contributed by atoms with Crippen LogP contribution in [-0.2, 0) is 4.74 Å². The van der Waals surface area contributed by atoms with Gasteiger partial charge in [0.25, 0.3) is 0 Å². The molecule has 1 aliphatic heterocycles. The van der Waals surface area contributed by atoms with Gasteiger partial charge in [0.05, 0.1) is 10.9 Å². The van der Waals surface area contributed by atoms with Crippen molar-refractivity contribution in [2.75, 3.05) is 0 Å². The third-order valence-corrected chi connectivity index (χ3v) is 2.77. The zero-order valence-electron chi connectivity index (χ0n) is 10.8. The van der Waals surface area contributed by atoms with Gasteiger partial charge in [-0.05, 0) is 30.3 Å². The molecule has 21 heavy (non-hydrogen) atoms. The van der Waals surface area contributed by atoms with Crippen molar-refractivity contribution in [2.24, 2.45) is 5.10 Å². The Morgan fingerprint density at radius 3 is 2.81 bits per heavy atom. The Kier molecular flexibility index (Phi) is 3.07. The summed E-state index contributed by atoms with van der Waals surface area (Å²) in [5, 5.41) is 21.8. The minimum absolute atomic E-state index is 0.161. The van der Waals surface area contributed by atoms with E-state index < -0.39 is 5.97 Å². The molecule has 7 nitrogen and oxygen atoms in total. The van der Waals surface area contributed by atoms with Crippen LogP contribution in [0.4, 0.5) is 0 Å². The fraction of sp³-hybridized carbons (Fsp3) is 0. The molecule has 0 amide bonds. The van der Waals surface area contributed by atoms with Gasteiger partial charge < -0.3 is 9.84 Å². The Morgan fingerprint density at radius 2 is 2.10 bits per heavy atom. The van der Waals surface area contributed by atoms with E-state index in [-0.39, 0.29) is 11.5 Å². The van der Waals surface area contributed by atoms with Crippen LogP contribution in [0.1, 0.15) is 15.9 Å². The van der Waals surface area contributed by atoms with Crippen molar-refractivity contribution < 1.29 is 14.6 Å². The number of carboxylic acid groups (broad SMARTS) is 1. The summed E-state index contributed by atoms with van der Waals surface area (Å²) in [6, 6.07) is 9.71. The summed E-state index contributed by atoms with van der Waals surface area (Å²) in [4.78, 5) is 11.0. The summed E-state index contributed by atoms with van der Waals surface area (Å²) in [5.74, 6) is -0.406. The SMILES string of the molecule is C=c1ccc(=C2NN=C(c3cccc(C(=O)O)c3)O2)nn1. The second kappa shape index (κ2) is 5.04. The van der Waals surface area contributed by atoms with Gasteiger partial charge >= 0.3 is 5.97 Å². The number of carboxylic acids is 1. The molecule has 3 rings (SSSR count). The summed E-state index contributed by atoms with van der Waals surface area (Å²) in [5.41, 5.74) is 3.42. The van der Waals surface area contributed by atoms with Gasteiger partial charge in [-0.1, -0.05) is 12.6 Å². The molecule has 2 N–H and O–H groups in total. The minimum Gasteiger partial charge on any atom is -0.478 e. The largest absolute Gasteiger partial charge is 0.478 e. The molecule has 0 spiro atoms. The fourth-order valence-electron chi connectivity index (χ4n) is 1.74. The van der Waals surface area contributed by atoms with E-state index >= 15 is 0 Å². The first-order chi connectivity index (χ1) is 10.1. The number of hydrogen-bond acceptors (Lipinski definition) is 6. The topological polar surface area (TPSA) is 96.7 Å². The fourth-order valence-corrected chi connectivity index (χ4v) is 1.74. The van der Waals surface area contributed by atoms with E-state index in [1.165, 1.54) is 12.1 Å². The van der Waals surface area contributed by atoms with Crippen LogP contribution in [0.25, 0.3) is 12.5 Å². The number of hydrazone groups is 1. The monoisotopic (exact) mass is 282 g/mol. The van der Waals surface area contributed by atoms with E-state index in [0.717, 1.165) is 0 Å². The number of carbonyl (C=O) groups is 1. The molecule has 104 valence electrons. The highest BCUT2D eigenvalue weighted by Crippen LogP contribution is 2.13. The summed E-state index contributed by atoms with van der Waals surface area (Å²) in [7, 11) is 0. The van der Waals surface area contributed by atoms with E-state index in [1.807, 2.05) is 0 Å². The van der Waals surface area contributed by atoms with E-state index in [0.29, 0.717) is 22.1 Å². The van der Waals surface area contributed by atoms with Crippen LogP contribution >= 0.6 is 0 Å². The standard InChI is InChI=1S/C14H10N4O3/c1-8-5-6-11(16-15-8)13-18-17-12(21-13)9-3-2-4-10(7-9)14(19)20/h2-7,18H,1H2,(H,19,20). The van der Waals surface area contributed by atoms with Crippen LogP contribution in [0.2, 0.25) is 0 Å². The molecule has 1 aliphatic rings. The van der Waals surface area contributed by atoms with Crippen LogP contribution < -0.4 is 16.1 Å². The van der Waals surface area contributed by atoms with Crippen molar-refractivity contribution in [3.05, 3.63) is 58.2 Å². The lowest BCUT2D eigenvalue weighted by Crippen LogP contribution is -2.22. The number of rotatable bonds is 2. The highest BCUT2D eigenvalue weighted by molar-refractivity contribution is 6.00. The quantitative estimate of drug-likeness (QED) is 0.780. The molecule has 0 radical (unpaired) electrons. The maximum atomic E-state index is 11.0. The van der Waals surface area contributed by atoms with Crippen molar-refractivity contribution in [1.82, 2.24) is 15.6 Å². The summed E-state index contributed by atoms with van der Waals surface area (Å²) in [6.07, 6.45) is 0.